The maximum absolute atomic E-state index is 12.4. The molecule has 0 fully saturated rings. The van der Waals surface area contributed by atoms with Crippen LogP contribution in [0.1, 0.15) is 16.8 Å². The van der Waals surface area contributed by atoms with Gasteiger partial charge in [0.15, 0.2) is 0 Å². The Morgan fingerprint density at radius 3 is 2.52 bits per heavy atom. The number of hydrogen-bond donors (Lipinski definition) is 2. The predicted molar refractivity (Wildman–Crippen MR) is 105 cm³/mol. The third-order valence-electron chi connectivity index (χ3n) is 3.58. The maximum Gasteiger partial charge on any atom is 0.256 e. The van der Waals surface area contributed by atoms with Crippen LogP contribution in [0.2, 0.25) is 15.1 Å². The summed E-state index contributed by atoms with van der Waals surface area (Å²) in [6.07, 6.45) is 0.377. The summed E-state index contributed by atoms with van der Waals surface area (Å²) in [5.74, 6) is -0.750. The normalized spacial score (nSPS) is 13.4. The Morgan fingerprint density at radius 2 is 1.85 bits per heavy atom. The second-order valence-electron chi connectivity index (χ2n) is 5.44. The molecule has 2 aromatic rings. The minimum atomic E-state index is -0.480. The second-order valence-corrected chi connectivity index (χ2v) is 6.70. The van der Waals surface area contributed by atoms with Gasteiger partial charge in [-0.15, -0.1) is 0 Å². The Hall–Kier alpha value is -2.61. The Balaban J connectivity index is 1.82. The van der Waals surface area contributed by atoms with E-state index in [1.165, 1.54) is 18.2 Å². The summed E-state index contributed by atoms with van der Waals surface area (Å²) in [7, 11) is 0. The zero-order valence-corrected chi connectivity index (χ0v) is 15.8. The van der Waals surface area contributed by atoms with Crippen molar-refractivity contribution in [2.24, 2.45) is 5.10 Å². The molecule has 0 aliphatic carbocycles. The largest absolute Gasteiger partial charge is 0.329 e. The van der Waals surface area contributed by atoms with Crippen molar-refractivity contribution >= 4 is 70.2 Å². The van der Waals surface area contributed by atoms with Crippen LogP contribution in [0, 0.1) is 0 Å². The Morgan fingerprint density at radius 1 is 1.15 bits per heavy atom. The molecule has 2 aromatic carbocycles. The number of rotatable bonds is 4. The second kappa shape index (κ2) is 7.96. The fourth-order valence-electron chi connectivity index (χ4n) is 2.43. The quantitative estimate of drug-likeness (QED) is 0.732. The van der Waals surface area contributed by atoms with Crippen molar-refractivity contribution in [2.75, 3.05) is 10.3 Å². The SMILES string of the molecule is O=CNc1cccc(C(=O)NC2=NN(c3c(Cl)cc(Cl)cc3Cl)C(=O)C2)c1. The van der Waals surface area contributed by atoms with E-state index in [1.807, 2.05) is 0 Å². The summed E-state index contributed by atoms with van der Waals surface area (Å²) in [5, 5.41) is 10.8. The Labute approximate surface area is 168 Å². The average molecular weight is 426 g/mol. The van der Waals surface area contributed by atoms with E-state index in [9.17, 15) is 14.4 Å². The van der Waals surface area contributed by atoms with Crippen LogP contribution in [0.3, 0.4) is 0 Å². The standard InChI is InChI=1S/C17H11Cl3N4O3/c18-10-5-12(19)16(13(20)6-10)24-15(26)7-14(23-24)22-17(27)9-2-1-3-11(4-9)21-8-25/h1-6,8H,7H2,(H,21,25)(H,22,23,27). The third kappa shape index (κ3) is 4.21. The van der Waals surface area contributed by atoms with Crippen molar-refractivity contribution in [2.45, 2.75) is 6.42 Å². The van der Waals surface area contributed by atoms with Gasteiger partial charge < -0.3 is 10.6 Å². The van der Waals surface area contributed by atoms with Gasteiger partial charge >= 0.3 is 0 Å². The van der Waals surface area contributed by atoms with E-state index < -0.39 is 11.8 Å². The fraction of sp³-hybridized carbons (Fsp3) is 0.0588. The number of hydrazone groups is 1. The minimum absolute atomic E-state index is 0.132. The van der Waals surface area contributed by atoms with Crippen LogP contribution >= 0.6 is 34.8 Å². The lowest BCUT2D eigenvalue weighted by Crippen LogP contribution is -2.29. The van der Waals surface area contributed by atoms with Crippen molar-refractivity contribution in [1.29, 1.82) is 0 Å². The Bertz CT molecular complexity index is 955. The van der Waals surface area contributed by atoms with Crippen LogP contribution in [-0.4, -0.2) is 24.1 Å². The van der Waals surface area contributed by atoms with Gasteiger partial charge in [0.05, 0.1) is 16.5 Å². The van der Waals surface area contributed by atoms with E-state index in [1.54, 1.807) is 18.2 Å². The van der Waals surface area contributed by atoms with E-state index in [0.29, 0.717) is 17.1 Å². The van der Waals surface area contributed by atoms with Crippen LogP contribution in [-0.2, 0) is 9.59 Å². The predicted octanol–water partition coefficient (Wildman–Crippen LogP) is 3.70. The van der Waals surface area contributed by atoms with Gasteiger partial charge in [-0.1, -0.05) is 40.9 Å². The zero-order chi connectivity index (χ0) is 19.6. The van der Waals surface area contributed by atoms with Crippen molar-refractivity contribution in [3.05, 3.63) is 57.0 Å². The lowest BCUT2D eigenvalue weighted by molar-refractivity contribution is -0.117. The van der Waals surface area contributed by atoms with E-state index in [4.69, 9.17) is 34.8 Å². The lowest BCUT2D eigenvalue weighted by Gasteiger charge is -2.15. The van der Waals surface area contributed by atoms with Gasteiger partial charge in [-0.2, -0.15) is 10.1 Å². The highest BCUT2D eigenvalue weighted by molar-refractivity contribution is 6.42. The molecule has 27 heavy (non-hydrogen) atoms. The first-order valence-electron chi connectivity index (χ1n) is 7.55. The molecule has 138 valence electrons. The molecule has 0 radical (unpaired) electrons. The van der Waals surface area contributed by atoms with Crippen LogP contribution in [0.5, 0.6) is 0 Å². The highest BCUT2D eigenvalue weighted by Crippen LogP contribution is 2.38. The van der Waals surface area contributed by atoms with Gasteiger partial charge in [0.25, 0.3) is 11.8 Å². The number of anilines is 2. The number of benzene rings is 2. The molecule has 0 unspecified atom stereocenters. The van der Waals surface area contributed by atoms with Crippen LogP contribution in [0.4, 0.5) is 11.4 Å². The lowest BCUT2D eigenvalue weighted by atomic mass is 10.2. The van der Waals surface area contributed by atoms with Gasteiger partial charge in [-0.3, -0.25) is 14.4 Å². The van der Waals surface area contributed by atoms with E-state index in [0.717, 1.165) is 5.01 Å². The summed E-state index contributed by atoms with van der Waals surface area (Å²) < 4.78 is 0. The van der Waals surface area contributed by atoms with Gasteiger partial charge in [-0.25, -0.2) is 0 Å². The van der Waals surface area contributed by atoms with E-state index in [-0.39, 0.29) is 33.6 Å². The number of nitrogens with one attached hydrogen (secondary N) is 2. The molecule has 1 aliphatic rings. The molecule has 3 amide bonds. The van der Waals surface area contributed by atoms with Gasteiger partial charge in [0.2, 0.25) is 6.41 Å². The monoisotopic (exact) mass is 424 g/mol. The minimum Gasteiger partial charge on any atom is -0.329 e. The number of nitrogens with zero attached hydrogens (tertiary/aromatic N) is 2. The molecule has 0 spiro atoms. The molecule has 0 saturated carbocycles. The molecule has 7 nitrogen and oxygen atoms in total. The molecule has 2 N–H and O–H groups in total. The first kappa shape index (κ1) is 19.2. The van der Waals surface area contributed by atoms with Crippen LogP contribution in [0.25, 0.3) is 0 Å². The first-order chi connectivity index (χ1) is 12.9. The van der Waals surface area contributed by atoms with Gasteiger partial charge in [0.1, 0.15) is 11.5 Å². The molecule has 0 aromatic heterocycles. The van der Waals surface area contributed by atoms with Crippen molar-refractivity contribution in [3.63, 3.8) is 0 Å². The smallest absolute Gasteiger partial charge is 0.256 e. The number of hydrogen-bond acceptors (Lipinski definition) is 4. The van der Waals surface area contributed by atoms with E-state index >= 15 is 0 Å². The molecule has 0 bridgehead atoms. The van der Waals surface area contributed by atoms with Crippen LogP contribution < -0.4 is 15.6 Å². The number of carbonyl (C=O) groups is 3. The molecule has 1 aliphatic heterocycles. The number of amides is 3. The molecular formula is C17H11Cl3N4O3. The Kier molecular flexibility index (Phi) is 5.65. The van der Waals surface area contributed by atoms with Crippen molar-refractivity contribution < 1.29 is 14.4 Å². The fourth-order valence-corrected chi connectivity index (χ4v) is 3.41. The van der Waals surface area contributed by atoms with Gasteiger partial charge in [0, 0.05) is 16.3 Å². The molecule has 10 heteroatoms. The highest BCUT2D eigenvalue weighted by atomic mass is 35.5. The summed E-state index contributed by atoms with van der Waals surface area (Å²) in [5.41, 5.74) is 0.940. The third-order valence-corrected chi connectivity index (χ3v) is 4.37. The summed E-state index contributed by atoms with van der Waals surface area (Å²) >= 11 is 18.1. The highest BCUT2D eigenvalue weighted by Gasteiger charge is 2.30. The maximum atomic E-state index is 12.4. The first-order valence-corrected chi connectivity index (χ1v) is 8.69. The van der Waals surface area contributed by atoms with Crippen molar-refractivity contribution in [3.8, 4) is 0 Å². The summed E-state index contributed by atoms with van der Waals surface area (Å²) in [4.78, 5) is 35.2. The van der Waals surface area contributed by atoms with Crippen LogP contribution in [0.15, 0.2) is 41.5 Å². The zero-order valence-electron chi connectivity index (χ0n) is 13.5. The number of halogens is 3. The van der Waals surface area contributed by atoms with E-state index in [2.05, 4.69) is 15.7 Å². The summed E-state index contributed by atoms with van der Waals surface area (Å²) in [6, 6.07) is 9.18. The van der Waals surface area contributed by atoms with Gasteiger partial charge in [-0.05, 0) is 30.3 Å². The molecular weight excluding hydrogens is 415 g/mol. The molecule has 0 saturated heterocycles. The molecule has 3 rings (SSSR count). The van der Waals surface area contributed by atoms with Crippen molar-refractivity contribution in [1.82, 2.24) is 5.32 Å². The number of carbonyl (C=O) groups excluding carboxylic acids is 3. The summed E-state index contributed by atoms with van der Waals surface area (Å²) in [6.45, 7) is 0. The molecule has 1 heterocycles. The number of amidine groups is 1. The molecule has 0 atom stereocenters. The topological polar surface area (TPSA) is 90.9 Å². The average Bonchev–Trinajstić information content (AvgIpc) is 2.94.